The standard InChI is InChI=1S/C15H16N4O4/c1-2-7-23-13-5-3-10(8-12(13)19(21)22)15(20)18-14-6-4-11(16)9-17-14/h3-6,8-9H,2,7,16H2,1H3,(H,17,18,20). The number of nitrogens with zero attached hydrogens (tertiary/aromatic N) is 2. The van der Waals surface area contributed by atoms with Crippen LogP contribution in [0.4, 0.5) is 17.2 Å². The molecule has 3 N–H and O–H groups in total. The number of ether oxygens (including phenoxy) is 1. The molecular weight excluding hydrogens is 300 g/mol. The van der Waals surface area contributed by atoms with Crippen LogP contribution in [0.5, 0.6) is 5.75 Å². The van der Waals surface area contributed by atoms with Gasteiger partial charge in [0, 0.05) is 11.6 Å². The topological polar surface area (TPSA) is 120 Å². The van der Waals surface area contributed by atoms with Crippen LogP contribution in [0, 0.1) is 10.1 Å². The smallest absolute Gasteiger partial charge is 0.311 e. The molecule has 0 spiro atoms. The van der Waals surface area contributed by atoms with Crippen LogP contribution >= 0.6 is 0 Å². The van der Waals surface area contributed by atoms with E-state index in [1.54, 1.807) is 12.1 Å². The van der Waals surface area contributed by atoms with Crippen LogP contribution in [0.15, 0.2) is 36.5 Å². The molecule has 0 atom stereocenters. The van der Waals surface area contributed by atoms with Gasteiger partial charge < -0.3 is 15.8 Å². The summed E-state index contributed by atoms with van der Waals surface area (Å²) in [5.74, 6) is -0.0652. The highest BCUT2D eigenvalue weighted by molar-refractivity contribution is 6.04. The van der Waals surface area contributed by atoms with Crippen LogP contribution in [-0.4, -0.2) is 22.4 Å². The third-order valence-corrected chi connectivity index (χ3v) is 2.91. The zero-order valence-corrected chi connectivity index (χ0v) is 12.5. The van der Waals surface area contributed by atoms with Crippen LogP contribution in [-0.2, 0) is 0 Å². The molecule has 0 radical (unpaired) electrons. The molecule has 0 unspecified atom stereocenters. The van der Waals surface area contributed by atoms with E-state index in [4.69, 9.17) is 10.5 Å². The molecule has 0 bridgehead atoms. The summed E-state index contributed by atoms with van der Waals surface area (Å²) in [6.07, 6.45) is 2.13. The third-order valence-electron chi connectivity index (χ3n) is 2.91. The number of aromatic nitrogens is 1. The van der Waals surface area contributed by atoms with Gasteiger partial charge >= 0.3 is 5.69 Å². The first-order chi connectivity index (χ1) is 11.0. The van der Waals surface area contributed by atoms with Crippen LogP contribution in [0.1, 0.15) is 23.7 Å². The second-order valence-electron chi connectivity index (χ2n) is 4.72. The molecule has 120 valence electrons. The van der Waals surface area contributed by atoms with E-state index >= 15 is 0 Å². The van der Waals surface area contributed by atoms with E-state index in [1.165, 1.54) is 24.4 Å². The van der Waals surface area contributed by atoms with Crippen molar-refractivity contribution in [1.29, 1.82) is 0 Å². The Morgan fingerprint density at radius 2 is 2.17 bits per heavy atom. The predicted octanol–water partition coefficient (Wildman–Crippen LogP) is 2.61. The molecular formula is C15H16N4O4. The van der Waals surface area contributed by atoms with Crippen molar-refractivity contribution in [2.75, 3.05) is 17.7 Å². The monoisotopic (exact) mass is 316 g/mol. The first-order valence-electron chi connectivity index (χ1n) is 6.95. The Labute approximate surface area is 132 Å². The minimum atomic E-state index is -0.580. The molecule has 8 nitrogen and oxygen atoms in total. The number of pyridine rings is 1. The number of amides is 1. The van der Waals surface area contributed by atoms with Gasteiger partial charge in [0.25, 0.3) is 5.91 Å². The molecule has 2 aromatic rings. The minimum absolute atomic E-state index is 0.138. The van der Waals surface area contributed by atoms with E-state index in [2.05, 4.69) is 10.3 Å². The summed E-state index contributed by atoms with van der Waals surface area (Å²) >= 11 is 0. The number of nitro groups is 1. The van der Waals surface area contributed by atoms with Crippen molar-refractivity contribution in [2.45, 2.75) is 13.3 Å². The van der Waals surface area contributed by atoms with Gasteiger partial charge in [0.15, 0.2) is 5.75 Å². The molecule has 0 saturated carbocycles. The van der Waals surface area contributed by atoms with Gasteiger partial charge in [0.1, 0.15) is 5.82 Å². The fourth-order valence-corrected chi connectivity index (χ4v) is 1.80. The quantitative estimate of drug-likeness (QED) is 0.624. The maximum Gasteiger partial charge on any atom is 0.311 e. The number of nitrogens with one attached hydrogen (secondary N) is 1. The van der Waals surface area contributed by atoms with Gasteiger partial charge in [-0.25, -0.2) is 4.98 Å². The fourth-order valence-electron chi connectivity index (χ4n) is 1.80. The molecule has 8 heteroatoms. The molecule has 1 aromatic heterocycles. The van der Waals surface area contributed by atoms with Gasteiger partial charge in [-0.15, -0.1) is 0 Å². The van der Waals surface area contributed by atoms with Crippen molar-refractivity contribution in [3.8, 4) is 5.75 Å². The second kappa shape index (κ2) is 7.21. The Bertz CT molecular complexity index is 716. The van der Waals surface area contributed by atoms with Gasteiger partial charge in [-0.3, -0.25) is 14.9 Å². The zero-order valence-electron chi connectivity index (χ0n) is 12.5. The Balaban J connectivity index is 2.21. The van der Waals surface area contributed by atoms with Gasteiger partial charge in [-0.1, -0.05) is 6.92 Å². The molecule has 0 fully saturated rings. The number of carbonyl (C=O) groups excluding carboxylic acids is 1. The Morgan fingerprint density at radius 1 is 1.39 bits per heavy atom. The minimum Gasteiger partial charge on any atom is -0.487 e. The lowest BCUT2D eigenvalue weighted by Gasteiger charge is -2.08. The molecule has 0 saturated heterocycles. The lowest BCUT2D eigenvalue weighted by atomic mass is 10.1. The summed E-state index contributed by atoms with van der Waals surface area (Å²) in [4.78, 5) is 26.6. The highest BCUT2D eigenvalue weighted by Gasteiger charge is 2.19. The van der Waals surface area contributed by atoms with Crippen molar-refractivity contribution < 1.29 is 14.5 Å². The molecule has 2 rings (SSSR count). The second-order valence-corrected chi connectivity index (χ2v) is 4.72. The van der Waals surface area contributed by atoms with Crippen LogP contribution in [0.2, 0.25) is 0 Å². The summed E-state index contributed by atoms with van der Waals surface area (Å²) in [5.41, 5.74) is 5.87. The average molecular weight is 316 g/mol. The van der Waals surface area contributed by atoms with E-state index in [-0.39, 0.29) is 17.0 Å². The first kappa shape index (κ1) is 16.2. The summed E-state index contributed by atoms with van der Waals surface area (Å²) < 4.78 is 5.31. The van der Waals surface area contributed by atoms with E-state index in [1.807, 2.05) is 6.92 Å². The van der Waals surface area contributed by atoms with Crippen LogP contribution in [0.25, 0.3) is 0 Å². The summed E-state index contributed by atoms with van der Waals surface area (Å²) in [6, 6.07) is 7.19. The van der Waals surface area contributed by atoms with Gasteiger partial charge in [-0.05, 0) is 30.7 Å². The van der Waals surface area contributed by atoms with E-state index in [9.17, 15) is 14.9 Å². The number of carbonyl (C=O) groups is 1. The number of nitro benzene ring substituents is 1. The van der Waals surface area contributed by atoms with Crippen molar-refractivity contribution in [3.05, 3.63) is 52.2 Å². The molecule has 1 aromatic carbocycles. The Kier molecular flexibility index (Phi) is 5.08. The van der Waals surface area contributed by atoms with Crippen molar-refractivity contribution in [3.63, 3.8) is 0 Å². The maximum atomic E-state index is 12.2. The molecule has 0 aliphatic heterocycles. The van der Waals surface area contributed by atoms with Gasteiger partial charge in [0.05, 0.1) is 23.4 Å². The lowest BCUT2D eigenvalue weighted by molar-refractivity contribution is -0.385. The van der Waals surface area contributed by atoms with Crippen molar-refractivity contribution >= 4 is 23.1 Å². The van der Waals surface area contributed by atoms with Crippen molar-refractivity contribution in [1.82, 2.24) is 4.98 Å². The first-order valence-corrected chi connectivity index (χ1v) is 6.95. The summed E-state index contributed by atoms with van der Waals surface area (Å²) in [6.45, 7) is 2.26. The Hall–Kier alpha value is -3.16. The lowest BCUT2D eigenvalue weighted by Crippen LogP contribution is -2.13. The predicted molar refractivity (Wildman–Crippen MR) is 85.5 cm³/mol. The number of anilines is 2. The SMILES string of the molecule is CCCOc1ccc(C(=O)Nc2ccc(N)cn2)cc1[N+](=O)[O-]. The van der Waals surface area contributed by atoms with E-state index in [0.717, 1.165) is 6.42 Å². The van der Waals surface area contributed by atoms with E-state index < -0.39 is 10.8 Å². The highest BCUT2D eigenvalue weighted by Crippen LogP contribution is 2.28. The fraction of sp³-hybridized carbons (Fsp3) is 0.200. The number of nitrogen functional groups attached to an aromatic ring is 1. The molecule has 23 heavy (non-hydrogen) atoms. The van der Waals surface area contributed by atoms with E-state index in [0.29, 0.717) is 18.1 Å². The largest absolute Gasteiger partial charge is 0.487 e. The third kappa shape index (κ3) is 4.16. The number of benzene rings is 1. The molecule has 0 aliphatic rings. The highest BCUT2D eigenvalue weighted by atomic mass is 16.6. The molecule has 1 amide bonds. The number of hydrogen-bond donors (Lipinski definition) is 2. The number of hydrogen-bond acceptors (Lipinski definition) is 6. The Morgan fingerprint density at radius 3 is 2.78 bits per heavy atom. The normalized spacial score (nSPS) is 10.1. The number of rotatable bonds is 6. The zero-order chi connectivity index (χ0) is 16.8. The van der Waals surface area contributed by atoms with Crippen molar-refractivity contribution in [2.24, 2.45) is 0 Å². The summed E-state index contributed by atoms with van der Waals surface area (Å²) in [5, 5.41) is 13.7. The maximum absolute atomic E-state index is 12.2. The van der Waals surface area contributed by atoms with Gasteiger partial charge in [0.2, 0.25) is 0 Å². The van der Waals surface area contributed by atoms with Gasteiger partial charge in [-0.2, -0.15) is 0 Å². The average Bonchev–Trinajstić information content (AvgIpc) is 2.54. The molecule has 1 heterocycles. The number of nitrogens with two attached hydrogens (primary N) is 1. The summed E-state index contributed by atoms with van der Waals surface area (Å²) in [7, 11) is 0. The molecule has 0 aliphatic carbocycles. The van der Waals surface area contributed by atoms with Crippen LogP contribution in [0.3, 0.4) is 0 Å². The van der Waals surface area contributed by atoms with Crippen LogP contribution < -0.4 is 15.8 Å².